The van der Waals surface area contributed by atoms with E-state index in [1.807, 2.05) is 18.2 Å². The van der Waals surface area contributed by atoms with Crippen LogP contribution in [0.3, 0.4) is 0 Å². The van der Waals surface area contributed by atoms with Crippen molar-refractivity contribution in [3.05, 3.63) is 28.8 Å². The van der Waals surface area contributed by atoms with Crippen LogP contribution in [0.25, 0.3) is 0 Å². The molecule has 0 spiro atoms. The van der Waals surface area contributed by atoms with Gasteiger partial charge in [0.25, 0.3) is 0 Å². The van der Waals surface area contributed by atoms with Gasteiger partial charge in [0.15, 0.2) is 0 Å². The molecular formula is C12H17ClN2O. The summed E-state index contributed by atoms with van der Waals surface area (Å²) in [6, 6.07) is 6.09. The molecule has 1 atom stereocenters. The van der Waals surface area contributed by atoms with Gasteiger partial charge in [-0.3, -0.25) is 4.90 Å². The Labute approximate surface area is 101 Å². The maximum absolute atomic E-state index is 5.92. The van der Waals surface area contributed by atoms with Crippen molar-refractivity contribution in [3.63, 3.8) is 0 Å². The fraction of sp³-hybridized carbons (Fsp3) is 0.500. The van der Waals surface area contributed by atoms with Crippen LogP contribution in [0.4, 0.5) is 0 Å². The fourth-order valence-corrected chi connectivity index (χ4v) is 2.26. The summed E-state index contributed by atoms with van der Waals surface area (Å²) < 4.78 is 5.32. The highest BCUT2D eigenvalue weighted by molar-refractivity contribution is 6.30. The first-order valence-corrected chi connectivity index (χ1v) is 5.87. The molecule has 0 bridgehead atoms. The van der Waals surface area contributed by atoms with E-state index in [9.17, 15) is 0 Å². The summed E-state index contributed by atoms with van der Waals surface area (Å²) in [5.74, 6) is 0.855. The summed E-state index contributed by atoms with van der Waals surface area (Å²) in [5, 5.41) is 0.707. The van der Waals surface area contributed by atoms with Crippen molar-refractivity contribution in [2.24, 2.45) is 5.73 Å². The van der Waals surface area contributed by atoms with E-state index in [4.69, 9.17) is 22.1 Å². The summed E-state index contributed by atoms with van der Waals surface area (Å²) in [7, 11) is 1.67. The van der Waals surface area contributed by atoms with Crippen LogP contribution in [0.15, 0.2) is 18.2 Å². The molecule has 1 unspecified atom stereocenters. The molecule has 1 saturated heterocycles. The van der Waals surface area contributed by atoms with Crippen molar-refractivity contribution in [2.75, 3.05) is 20.2 Å². The average molecular weight is 241 g/mol. The zero-order valence-electron chi connectivity index (χ0n) is 9.45. The molecule has 1 heterocycles. The summed E-state index contributed by atoms with van der Waals surface area (Å²) in [6.45, 7) is 2.91. The lowest BCUT2D eigenvalue weighted by Gasteiger charge is -2.17. The Balaban J connectivity index is 2.08. The lowest BCUT2D eigenvalue weighted by molar-refractivity contribution is 0.317. The highest BCUT2D eigenvalue weighted by Gasteiger charge is 2.19. The van der Waals surface area contributed by atoms with Gasteiger partial charge in [0.1, 0.15) is 5.75 Å². The Morgan fingerprint density at radius 1 is 1.56 bits per heavy atom. The van der Waals surface area contributed by atoms with Gasteiger partial charge in [-0.2, -0.15) is 0 Å². The van der Waals surface area contributed by atoms with Crippen molar-refractivity contribution in [3.8, 4) is 5.75 Å². The maximum atomic E-state index is 5.92. The van der Waals surface area contributed by atoms with E-state index in [0.717, 1.165) is 31.8 Å². The van der Waals surface area contributed by atoms with Crippen LogP contribution in [0.5, 0.6) is 5.75 Å². The van der Waals surface area contributed by atoms with E-state index < -0.39 is 0 Å². The van der Waals surface area contributed by atoms with Crippen molar-refractivity contribution in [2.45, 2.75) is 19.0 Å². The predicted octanol–water partition coefficient (Wildman–Crippen LogP) is 1.88. The third kappa shape index (κ3) is 2.67. The van der Waals surface area contributed by atoms with E-state index in [1.165, 1.54) is 5.56 Å². The van der Waals surface area contributed by atoms with Crippen LogP contribution in [-0.4, -0.2) is 31.1 Å². The average Bonchev–Trinajstić information content (AvgIpc) is 2.67. The minimum Gasteiger partial charge on any atom is -0.496 e. The molecule has 4 heteroatoms. The third-order valence-electron chi connectivity index (χ3n) is 2.95. The molecule has 0 radical (unpaired) electrons. The second-order valence-corrected chi connectivity index (χ2v) is 4.68. The Morgan fingerprint density at radius 3 is 3.00 bits per heavy atom. The fourth-order valence-electron chi connectivity index (χ4n) is 2.10. The zero-order chi connectivity index (χ0) is 11.5. The first-order chi connectivity index (χ1) is 7.69. The van der Waals surface area contributed by atoms with Crippen molar-refractivity contribution >= 4 is 11.6 Å². The number of rotatable bonds is 3. The number of methoxy groups -OCH3 is 1. The van der Waals surface area contributed by atoms with E-state index in [1.54, 1.807) is 7.11 Å². The molecule has 0 saturated carbocycles. The largest absolute Gasteiger partial charge is 0.496 e. The summed E-state index contributed by atoms with van der Waals surface area (Å²) in [5.41, 5.74) is 7.05. The molecule has 3 nitrogen and oxygen atoms in total. The van der Waals surface area contributed by atoms with Gasteiger partial charge >= 0.3 is 0 Å². The van der Waals surface area contributed by atoms with Crippen LogP contribution in [0.2, 0.25) is 5.02 Å². The first kappa shape index (κ1) is 11.7. The molecular weight excluding hydrogens is 224 g/mol. The molecule has 0 aliphatic carbocycles. The minimum atomic E-state index is 0.318. The van der Waals surface area contributed by atoms with Gasteiger partial charge in [0.2, 0.25) is 0 Å². The normalized spacial score (nSPS) is 21.3. The lowest BCUT2D eigenvalue weighted by atomic mass is 10.2. The molecule has 0 aromatic heterocycles. The maximum Gasteiger partial charge on any atom is 0.124 e. The zero-order valence-corrected chi connectivity index (χ0v) is 10.2. The monoisotopic (exact) mass is 240 g/mol. The van der Waals surface area contributed by atoms with E-state index in [2.05, 4.69) is 4.90 Å². The molecule has 1 aliphatic heterocycles. The lowest BCUT2D eigenvalue weighted by Crippen LogP contribution is -2.26. The molecule has 2 N–H and O–H groups in total. The number of hydrogen-bond donors (Lipinski definition) is 1. The third-order valence-corrected chi connectivity index (χ3v) is 3.19. The molecule has 0 amide bonds. The highest BCUT2D eigenvalue weighted by atomic mass is 35.5. The van der Waals surface area contributed by atoms with Crippen LogP contribution >= 0.6 is 11.6 Å². The topological polar surface area (TPSA) is 38.5 Å². The molecule has 1 aromatic carbocycles. The van der Waals surface area contributed by atoms with Gasteiger partial charge in [-0.1, -0.05) is 17.7 Å². The number of nitrogens with two attached hydrogens (primary N) is 1. The van der Waals surface area contributed by atoms with Gasteiger partial charge in [-0.05, 0) is 18.6 Å². The second-order valence-electron chi connectivity index (χ2n) is 4.24. The molecule has 1 fully saturated rings. The van der Waals surface area contributed by atoms with Gasteiger partial charge < -0.3 is 10.5 Å². The SMILES string of the molecule is COc1cc(Cl)ccc1CN1CCC(N)C1. The van der Waals surface area contributed by atoms with E-state index >= 15 is 0 Å². The van der Waals surface area contributed by atoms with E-state index in [0.29, 0.717) is 11.1 Å². The van der Waals surface area contributed by atoms with E-state index in [-0.39, 0.29) is 0 Å². The number of hydrogen-bond acceptors (Lipinski definition) is 3. The van der Waals surface area contributed by atoms with Gasteiger partial charge in [-0.25, -0.2) is 0 Å². The smallest absolute Gasteiger partial charge is 0.124 e. The van der Waals surface area contributed by atoms with Crippen LogP contribution in [-0.2, 0) is 6.54 Å². The Bertz CT molecular complexity index is 370. The molecule has 16 heavy (non-hydrogen) atoms. The van der Waals surface area contributed by atoms with Crippen LogP contribution < -0.4 is 10.5 Å². The number of halogens is 1. The Morgan fingerprint density at radius 2 is 2.38 bits per heavy atom. The molecule has 1 aliphatic rings. The van der Waals surface area contributed by atoms with Gasteiger partial charge in [0.05, 0.1) is 7.11 Å². The molecule has 88 valence electrons. The second kappa shape index (κ2) is 5.04. The van der Waals surface area contributed by atoms with Crippen molar-refractivity contribution in [1.82, 2.24) is 4.90 Å². The van der Waals surface area contributed by atoms with Gasteiger partial charge in [0, 0.05) is 36.3 Å². The highest BCUT2D eigenvalue weighted by Crippen LogP contribution is 2.25. The molecule has 1 aromatic rings. The number of ether oxygens (including phenoxy) is 1. The summed E-state index contributed by atoms with van der Waals surface area (Å²) in [4.78, 5) is 2.34. The van der Waals surface area contributed by atoms with Gasteiger partial charge in [-0.15, -0.1) is 0 Å². The number of likely N-dealkylation sites (tertiary alicyclic amines) is 1. The van der Waals surface area contributed by atoms with Crippen LogP contribution in [0.1, 0.15) is 12.0 Å². The number of benzene rings is 1. The van der Waals surface area contributed by atoms with Crippen molar-refractivity contribution in [1.29, 1.82) is 0 Å². The summed E-state index contributed by atoms with van der Waals surface area (Å²) in [6.07, 6.45) is 1.08. The van der Waals surface area contributed by atoms with Crippen LogP contribution in [0, 0.1) is 0 Å². The Kier molecular flexibility index (Phi) is 3.69. The Hall–Kier alpha value is -0.770. The summed E-state index contributed by atoms with van der Waals surface area (Å²) >= 11 is 5.92. The minimum absolute atomic E-state index is 0.318. The van der Waals surface area contributed by atoms with Crippen molar-refractivity contribution < 1.29 is 4.74 Å². The number of nitrogens with zero attached hydrogens (tertiary/aromatic N) is 1. The quantitative estimate of drug-likeness (QED) is 0.877. The molecule has 2 rings (SSSR count). The standard InChI is InChI=1S/C12H17ClN2O/c1-16-12-6-10(13)3-2-9(12)7-15-5-4-11(14)8-15/h2-3,6,11H,4-5,7-8,14H2,1H3. The predicted molar refractivity (Wildman–Crippen MR) is 65.9 cm³/mol. The first-order valence-electron chi connectivity index (χ1n) is 5.49.